The van der Waals surface area contributed by atoms with Gasteiger partial charge in [-0.05, 0) is 93.4 Å². The summed E-state index contributed by atoms with van der Waals surface area (Å²) in [6.45, 7) is 2.48. The van der Waals surface area contributed by atoms with Crippen LogP contribution in [0.2, 0.25) is 5.02 Å². The second-order valence-corrected chi connectivity index (χ2v) is 10.2. The number of aryl methyl sites for hydroxylation is 1. The first-order valence-corrected chi connectivity index (χ1v) is 12.8. The molecule has 1 aliphatic heterocycles. The van der Waals surface area contributed by atoms with Gasteiger partial charge in [-0.2, -0.15) is 0 Å². The molecule has 4 rings (SSSR count). The monoisotopic (exact) mass is 518 g/mol. The van der Waals surface area contributed by atoms with Crippen molar-refractivity contribution in [2.24, 2.45) is 5.41 Å². The fraction of sp³-hybridized carbons (Fsp3) is 0.464. The highest BCUT2D eigenvalue weighted by atomic mass is 35.5. The summed E-state index contributed by atoms with van der Waals surface area (Å²) in [5.74, 6) is -0.894. The Bertz CT molecular complexity index is 1180. The minimum absolute atomic E-state index is 0.0563. The number of fused-ring (bicyclic) bond motifs is 1. The number of aliphatic hydroxyl groups is 2. The minimum Gasteiger partial charge on any atom is -0.497 e. The molecule has 0 radical (unpaired) electrons. The van der Waals surface area contributed by atoms with Crippen LogP contribution < -0.4 is 4.74 Å². The van der Waals surface area contributed by atoms with Gasteiger partial charge in [0.25, 0.3) is 0 Å². The van der Waals surface area contributed by atoms with Gasteiger partial charge in [0.15, 0.2) is 11.6 Å². The lowest BCUT2D eigenvalue weighted by Gasteiger charge is -2.41. The molecule has 36 heavy (non-hydrogen) atoms. The number of likely N-dealkylation sites (tertiary alicyclic amines) is 1. The Kier molecular flexibility index (Phi) is 8.78. The SMILES string of the molecule is COc1ccc2ncc(Cl)c([C@@H](O)CCC3(CO)CCN(CCCc4cccc(F)c4F)CC3)c2c1. The van der Waals surface area contributed by atoms with Gasteiger partial charge in [-0.15, -0.1) is 0 Å². The largest absolute Gasteiger partial charge is 0.497 e. The molecule has 8 heteroatoms. The van der Waals surface area contributed by atoms with Crippen LogP contribution in [-0.4, -0.2) is 53.4 Å². The van der Waals surface area contributed by atoms with Gasteiger partial charge in [0.2, 0.25) is 0 Å². The van der Waals surface area contributed by atoms with Crippen LogP contribution in [0.1, 0.15) is 49.3 Å². The summed E-state index contributed by atoms with van der Waals surface area (Å²) < 4.78 is 32.6. The van der Waals surface area contributed by atoms with Crippen LogP contribution in [0.15, 0.2) is 42.6 Å². The molecule has 0 saturated carbocycles. The molecule has 0 amide bonds. The van der Waals surface area contributed by atoms with Crippen molar-refractivity contribution in [1.82, 2.24) is 9.88 Å². The molecule has 2 aromatic carbocycles. The number of halogens is 3. The van der Waals surface area contributed by atoms with E-state index in [2.05, 4.69) is 9.88 Å². The fourth-order valence-electron chi connectivity index (χ4n) is 5.19. The zero-order chi connectivity index (χ0) is 25.7. The Balaban J connectivity index is 1.33. The highest BCUT2D eigenvalue weighted by Crippen LogP contribution is 2.40. The molecule has 2 heterocycles. The number of rotatable bonds is 10. The lowest BCUT2D eigenvalue weighted by Crippen LogP contribution is -2.42. The number of hydrogen-bond donors (Lipinski definition) is 2. The average Bonchev–Trinajstić information content (AvgIpc) is 2.90. The van der Waals surface area contributed by atoms with Crippen LogP contribution in [0, 0.1) is 17.0 Å². The fourth-order valence-corrected chi connectivity index (χ4v) is 5.47. The standard InChI is InChI=1S/C28H33ClF2N2O3/c1-36-20-7-8-24-21(16-20)26(22(29)17-32-24)25(35)9-10-28(18-34)11-14-33(15-12-28)13-3-5-19-4-2-6-23(30)27(19)31/h2,4,6-8,16-17,25,34-35H,3,5,9-15,18H2,1H3/t25-/m0/s1. The van der Waals surface area contributed by atoms with Crippen LogP contribution >= 0.6 is 11.6 Å². The number of hydrogen-bond acceptors (Lipinski definition) is 5. The van der Waals surface area contributed by atoms with E-state index in [1.165, 1.54) is 6.07 Å². The van der Waals surface area contributed by atoms with Gasteiger partial charge in [0, 0.05) is 23.8 Å². The molecule has 2 N–H and O–H groups in total. The number of pyridine rings is 1. The van der Waals surface area contributed by atoms with Crippen molar-refractivity contribution in [2.75, 3.05) is 33.4 Å². The lowest BCUT2D eigenvalue weighted by atomic mass is 9.74. The Morgan fingerprint density at radius 3 is 2.69 bits per heavy atom. The molecule has 1 saturated heterocycles. The second-order valence-electron chi connectivity index (χ2n) is 9.77. The zero-order valence-corrected chi connectivity index (χ0v) is 21.3. The van der Waals surface area contributed by atoms with Crippen LogP contribution in [0.25, 0.3) is 10.9 Å². The van der Waals surface area contributed by atoms with Crippen molar-refractivity contribution in [2.45, 2.75) is 44.6 Å². The van der Waals surface area contributed by atoms with E-state index in [-0.39, 0.29) is 12.0 Å². The van der Waals surface area contributed by atoms with Crippen LogP contribution in [-0.2, 0) is 6.42 Å². The van der Waals surface area contributed by atoms with Gasteiger partial charge in [0.05, 0.1) is 23.8 Å². The molecule has 194 valence electrons. The molecule has 1 atom stereocenters. The van der Waals surface area contributed by atoms with E-state index >= 15 is 0 Å². The smallest absolute Gasteiger partial charge is 0.162 e. The Morgan fingerprint density at radius 2 is 1.97 bits per heavy atom. The molecule has 5 nitrogen and oxygen atoms in total. The Labute approximate surface area is 215 Å². The van der Waals surface area contributed by atoms with Crippen molar-refractivity contribution < 1.29 is 23.7 Å². The molecule has 0 aliphatic carbocycles. The van der Waals surface area contributed by atoms with Gasteiger partial charge in [-0.1, -0.05) is 23.7 Å². The molecule has 3 aromatic rings. The molecule has 1 aliphatic rings. The number of aromatic nitrogens is 1. The van der Waals surface area contributed by atoms with E-state index in [9.17, 15) is 19.0 Å². The van der Waals surface area contributed by atoms with Crippen molar-refractivity contribution >= 4 is 22.5 Å². The summed E-state index contributed by atoms with van der Waals surface area (Å²) in [5.41, 5.74) is 1.51. The first kappa shape index (κ1) is 26.7. The first-order valence-electron chi connectivity index (χ1n) is 12.4. The van der Waals surface area contributed by atoms with Gasteiger partial charge in [-0.25, -0.2) is 8.78 Å². The van der Waals surface area contributed by atoms with Gasteiger partial charge < -0.3 is 19.8 Å². The second kappa shape index (κ2) is 11.8. The van der Waals surface area contributed by atoms with E-state index in [0.717, 1.165) is 55.9 Å². The molecule has 0 spiro atoms. The molecule has 0 unspecified atom stereocenters. The number of nitrogens with zero attached hydrogens (tertiary/aromatic N) is 2. The van der Waals surface area contributed by atoms with Crippen LogP contribution in [0.4, 0.5) is 8.78 Å². The van der Waals surface area contributed by atoms with Crippen molar-refractivity contribution in [3.05, 3.63) is 70.4 Å². The average molecular weight is 519 g/mol. The molecule has 0 bridgehead atoms. The third-order valence-corrected chi connectivity index (χ3v) is 7.85. The maximum atomic E-state index is 13.9. The predicted molar refractivity (Wildman–Crippen MR) is 137 cm³/mol. The minimum atomic E-state index is -0.805. The molecule has 1 aromatic heterocycles. The maximum absolute atomic E-state index is 13.9. The Morgan fingerprint density at radius 1 is 1.19 bits per heavy atom. The summed E-state index contributed by atoms with van der Waals surface area (Å²) in [6.07, 6.45) is 4.74. The van der Waals surface area contributed by atoms with E-state index < -0.39 is 17.7 Å². The number of aliphatic hydroxyl groups excluding tert-OH is 2. The van der Waals surface area contributed by atoms with E-state index in [4.69, 9.17) is 16.3 Å². The van der Waals surface area contributed by atoms with Crippen molar-refractivity contribution in [3.63, 3.8) is 0 Å². The topological polar surface area (TPSA) is 65.8 Å². The van der Waals surface area contributed by atoms with Crippen molar-refractivity contribution in [3.8, 4) is 5.75 Å². The molecule has 1 fully saturated rings. The number of benzene rings is 2. The normalized spacial score (nSPS) is 16.8. The molecular formula is C28H33ClF2N2O3. The van der Waals surface area contributed by atoms with Gasteiger partial charge in [-0.3, -0.25) is 4.98 Å². The first-order chi connectivity index (χ1) is 17.4. The summed E-state index contributed by atoms with van der Waals surface area (Å²) in [7, 11) is 1.59. The third kappa shape index (κ3) is 5.97. The predicted octanol–water partition coefficient (Wildman–Crippen LogP) is 5.70. The molecular weight excluding hydrogens is 486 g/mol. The lowest BCUT2D eigenvalue weighted by molar-refractivity contribution is 0.0234. The number of piperidine rings is 1. The number of methoxy groups -OCH3 is 1. The van der Waals surface area contributed by atoms with Crippen LogP contribution in [0.5, 0.6) is 5.75 Å². The summed E-state index contributed by atoms with van der Waals surface area (Å²) in [4.78, 5) is 6.66. The van der Waals surface area contributed by atoms with Crippen molar-refractivity contribution in [1.29, 1.82) is 0 Å². The maximum Gasteiger partial charge on any atom is 0.162 e. The van der Waals surface area contributed by atoms with Gasteiger partial charge in [0.1, 0.15) is 5.75 Å². The van der Waals surface area contributed by atoms with E-state index in [0.29, 0.717) is 41.2 Å². The Hall–Kier alpha value is -2.32. The highest BCUT2D eigenvalue weighted by molar-refractivity contribution is 6.32. The van der Waals surface area contributed by atoms with Crippen LogP contribution in [0.3, 0.4) is 0 Å². The summed E-state index contributed by atoms with van der Waals surface area (Å²) in [6, 6.07) is 9.80. The van der Waals surface area contributed by atoms with E-state index in [1.54, 1.807) is 19.4 Å². The highest BCUT2D eigenvalue weighted by Gasteiger charge is 2.34. The quantitative estimate of drug-likeness (QED) is 0.360. The van der Waals surface area contributed by atoms with Gasteiger partial charge >= 0.3 is 0 Å². The number of ether oxygens (including phenoxy) is 1. The zero-order valence-electron chi connectivity index (χ0n) is 20.5. The summed E-state index contributed by atoms with van der Waals surface area (Å²) in [5, 5.41) is 22.5. The van der Waals surface area contributed by atoms with E-state index in [1.807, 2.05) is 18.2 Å². The summed E-state index contributed by atoms with van der Waals surface area (Å²) >= 11 is 6.45. The third-order valence-electron chi connectivity index (χ3n) is 7.55.